The molecular formula is C71H106N4O14. The summed E-state index contributed by atoms with van der Waals surface area (Å²) >= 11 is 0. The number of unbranched alkanes of at least 4 members (excludes halogenated alkanes) is 6. The number of phenolic OH excluding ortho intramolecular Hbond substituents is 1. The van der Waals surface area contributed by atoms with Gasteiger partial charge in [0.2, 0.25) is 5.91 Å². The van der Waals surface area contributed by atoms with Crippen LogP contribution in [0, 0.1) is 35.5 Å². The molecule has 18 nitrogen and oxygen atoms in total. The number of amides is 1. The summed E-state index contributed by atoms with van der Waals surface area (Å²) < 4.78 is 24.9. The highest BCUT2D eigenvalue weighted by atomic mass is 16.8. The van der Waals surface area contributed by atoms with E-state index >= 15 is 0 Å². The van der Waals surface area contributed by atoms with Crippen LogP contribution in [-0.4, -0.2) is 143 Å². The molecule has 18 heteroatoms. The number of carbonyl (C=O) groups is 6. The molecule has 8 aliphatic rings. The Balaban J connectivity index is 0.000000213. The molecule has 494 valence electrons. The number of Topliss-reactive ketones (excluding diaryl/α,β-unsaturated/α-hetero) is 4. The van der Waals surface area contributed by atoms with E-state index in [1.165, 1.54) is 16.7 Å². The van der Waals surface area contributed by atoms with Crippen molar-refractivity contribution in [1.29, 1.82) is 0 Å². The number of hydroxylamine groups is 1. The summed E-state index contributed by atoms with van der Waals surface area (Å²) in [4.78, 5) is 82.7. The highest BCUT2D eigenvalue weighted by Crippen LogP contribution is 2.65. The number of nitrogens with one attached hydrogen (secondary N) is 2. The average molecular weight is 1240 g/mol. The largest absolute Gasteiger partial charge is 0.533 e. The third kappa shape index (κ3) is 15.3. The summed E-state index contributed by atoms with van der Waals surface area (Å²) in [5.74, 6) is 3.70. The standard InChI is InChI=1S/C39H59NO7.C32H47N3O7/c1-24(27(4)41)11-9-10-13-25(2)31(42)14-8-6-7-12-26(3)32(43)18-20-35(45)46-34-19-16-29-30-23-28-15-17-33(44)37-36(28)39(29,38(34)47-37)21-22-40(30)5;1-20(21(2)36)9-6-8-16-33-27(38)10-5-4-7-17-34-42-31(39)40-26-14-11-22-19-24-23-12-13-25(37)30-32(23,15-18-35(24)3)28(22)29(26)41-30/h15,17,24-26,29-30,34-35,38,44-45H,6-14,16,18-23H2,1-5H3;11,14,20,23-25,30,34,37H,4-10,12-13,15-19H2,1-3H3,(H,33,38). The van der Waals surface area contributed by atoms with Crippen LogP contribution in [-0.2, 0) is 57.2 Å². The molecule has 4 fully saturated rings. The Morgan fingerprint density at radius 2 is 1.15 bits per heavy atom. The number of rotatable bonds is 33. The molecule has 4 aliphatic heterocycles. The minimum atomic E-state index is -1.04. The number of likely N-dealkylation sites (tertiary alicyclic amines) is 2. The fourth-order valence-electron chi connectivity index (χ4n) is 17.0. The predicted molar refractivity (Wildman–Crippen MR) is 338 cm³/mol. The number of ether oxygens (including phenoxy) is 4. The van der Waals surface area contributed by atoms with Gasteiger partial charge in [0.1, 0.15) is 35.3 Å². The van der Waals surface area contributed by atoms with Gasteiger partial charge >= 0.3 is 6.16 Å². The molecule has 2 spiro atoms. The Kier molecular flexibility index (Phi) is 23.5. The van der Waals surface area contributed by atoms with E-state index in [1.54, 1.807) is 26.0 Å². The van der Waals surface area contributed by atoms with Crippen LogP contribution in [0.25, 0.3) is 0 Å². The summed E-state index contributed by atoms with van der Waals surface area (Å²) in [7, 11) is 4.41. The molecule has 2 aromatic carbocycles. The minimum Gasteiger partial charge on any atom is -0.504 e. The normalized spacial score (nSPS) is 28.2. The highest BCUT2D eigenvalue weighted by molar-refractivity contribution is 5.81. The molecular weight excluding hydrogens is 1130 g/mol. The van der Waals surface area contributed by atoms with Crippen LogP contribution in [0.5, 0.6) is 23.0 Å². The number of aliphatic hydroxyl groups is 2. The first kappa shape index (κ1) is 68.4. The zero-order valence-electron chi connectivity index (χ0n) is 54.8. The van der Waals surface area contributed by atoms with Gasteiger partial charge in [-0.2, -0.15) is 0 Å². The van der Waals surface area contributed by atoms with Crippen LogP contribution < -0.4 is 25.0 Å². The van der Waals surface area contributed by atoms with Crippen molar-refractivity contribution in [2.75, 3.05) is 40.3 Å². The van der Waals surface area contributed by atoms with Crippen molar-refractivity contribution in [3.63, 3.8) is 0 Å². The zero-order valence-corrected chi connectivity index (χ0v) is 54.8. The smallest absolute Gasteiger partial charge is 0.504 e. The van der Waals surface area contributed by atoms with Gasteiger partial charge in [-0.1, -0.05) is 78.4 Å². The summed E-state index contributed by atoms with van der Waals surface area (Å²) in [5, 5.41) is 35.6. The Labute approximate surface area is 528 Å². The van der Waals surface area contributed by atoms with E-state index in [9.17, 15) is 44.1 Å². The maximum atomic E-state index is 12.9. The molecule has 15 unspecified atom stereocenters. The van der Waals surface area contributed by atoms with E-state index in [4.69, 9.17) is 23.8 Å². The molecule has 4 aliphatic carbocycles. The van der Waals surface area contributed by atoms with Gasteiger partial charge in [-0.15, -0.1) is 5.48 Å². The van der Waals surface area contributed by atoms with Crippen LogP contribution in [0.1, 0.15) is 218 Å². The second kappa shape index (κ2) is 30.6. The molecule has 89 heavy (non-hydrogen) atoms. The maximum Gasteiger partial charge on any atom is 0.533 e. The van der Waals surface area contributed by atoms with Gasteiger partial charge in [0, 0.05) is 96.5 Å². The molecule has 4 heterocycles. The van der Waals surface area contributed by atoms with Gasteiger partial charge in [0.15, 0.2) is 29.3 Å². The lowest BCUT2D eigenvalue weighted by Gasteiger charge is -2.59. The van der Waals surface area contributed by atoms with E-state index in [0.29, 0.717) is 72.9 Å². The van der Waals surface area contributed by atoms with Crippen molar-refractivity contribution in [1.82, 2.24) is 20.6 Å². The van der Waals surface area contributed by atoms with Crippen LogP contribution in [0.2, 0.25) is 0 Å². The van der Waals surface area contributed by atoms with E-state index < -0.39 is 18.5 Å². The van der Waals surface area contributed by atoms with Crippen molar-refractivity contribution >= 4 is 35.2 Å². The number of phenols is 1. The molecule has 2 aromatic rings. The zero-order chi connectivity index (χ0) is 63.7. The molecule has 0 aromatic heterocycles. The lowest BCUT2D eigenvalue weighted by atomic mass is 9.51. The molecule has 10 rings (SSSR count). The number of likely N-dealkylation sites (N-methyl/N-ethyl adjacent to an activating group) is 2. The number of aromatic hydroxyl groups is 1. The number of piperidine rings is 2. The van der Waals surface area contributed by atoms with Gasteiger partial charge in [-0.05, 0) is 179 Å². The van der Waals surface area contributed by atoms with Gasteiger partial charge in [0.05, 0.1) is 12.2 Å². The number of hydrogen-bond acceptors (Lipinski definition) is 17. The predicted octanol–water partition coefficient (Wildman–Crippen LogP) is 10.5. The lowest BCUT2D eigenvalue weighted by molar-refractivity contribution is -0.197. The number of benzene rings is 2. The van der Waals surface area contributed by atoms with Crippen LogP contribution in [0.3, 0.4) is 0 Å². The number of ketones is 4. The summed E-state index contributed by atoms with van der Waals surface area (Å²) in [6.07, 6.45) is 17.8. The Bertz CT molecular complexity index is 2810. The summed E-state index contributed by atoms with van der Waals surface area (Å²) in [6.45, 7) is 14.2. The fourth-order valence-corrected chi connectivity index (χ4v) is 17.0. The lowest BCUT2D eigenvalue weighted by Crippen LogP contribution is -2.66. The van der Waals surface area contributed by atoms with Gasteiger partial charge in [-0.3, -0.25) is 24.0 Å². The SMILES string of the molecule is CC(=O)C(C)CCCCC(C)C(=O)CCCCCC(C)C(=O)CCC(O)OC1CCC2C3Cc4ccc(O)c5c4C2(CCN3C)C1O5.CC(=O)C(C)CCCCNC(=O)CCCCCNOC(=O)Oc1ccc2c3c1OC1C(O)CCC4C(C2)N(C)CCC341. The third-order valence-electron chi connectivity index (χ3n) is 22.5. The van der Waals surface area contributed by atoms with Crippen LogP contribution in [0.15, 0.2) is 24.3 Å². The molecule has 5 N–H and O–H groups in total. The second-order valence-corrected chi connectivity index (χ2v) is 28.3. The molecule has 4 bridgehead atoms. The molecule has 1 amide bonds. The fraction of sp³-hybridized carbons (Fsp3) is 0.746. The Morgan fingerprint density at radius 3 is 1.80 bits per heavy atom. The number of carbonyl (C=O) groups excluding carboxylic acids is 6. The highest BCUT2D eigenvalue weighted by Gasteiger charge is 2.67. The monoisotopic (exact) mass is 1240 g/mol. The van der Waals surface area contributed by atoms with E-state index in [1.807, 2.05) is 33.8 Å². The minimum absolute atomic E-state index is 0.0387. The number of hydrogen-bond donors (Lipinski definition) is 5. The van der Waals surface area contributed by atoms with Gasteiger partial charge in [0.25, 0.3) is 0 Å². The third-order valence-corrected chi connectivity index (χ3v) is 22.5. The summed E-state index contributed by atoms with van der Waals surface area (Å²) in [6, 6.07) is 8.50. The number of aliphatic hydroxyl groups excluding tert-OH is 2. The topological polar surface area (TPSA) is 240 Å². The van der Waals surface area contributed by atoms with Crippen molar-refractivity contribution in [3.05, 3.63) is 46.5 Å². The van der Waals surface area contributed by atoms with Crippen molar-refractivity contribution in [2.45, 2.75) is 262 Å². The van der Waals surface area contributed by atoms with Crippen molar-refractivity contribution in [2.24, 2.45) is 35.5 Å². The molecule has 2 saturated carbocycles. The molecule has 0 radical (unpaired) electrons. The summed E-state index contributed by atoms with van der Waals surface area (Å²) in [5.41, 5.74) is 7.02. The molecule has 2 saturated heterocycles. The first-order chi connectivity index (χ1) is 42.7. The van der Waals surface area contributed by atoms with Crippen LogP contribution >= 0.6 is 0 Å². The van der Waals surface area contributed by atoms with Crippen molar-refractivity contribution < 1.29 is 67.9 Å². The average Bonchev–Trinajstić information content (AvgIpc) is 1.60. The van der Waals surface area contributed by atoms with Gasteiger partial charge < -0.3 is 54.2 Å². The van der Waals surface area contributed by atoms with Crippen molar-refractivity contribution in [3.8, 4) is 23.0 Å². The van der Waals surface area contributed by atoms with E-state index in [0.717, 1.165) is 160 Å². The molecule has 15 atom stereocenters. The Hall–Kier alpha value is -4.98. The first-order valence-electron chi connectivity index (χ1n) is 34.4. The quantitative estimate of drug-likeness (QED) is 0.0147. The Morgan fingerprint density at radius 1 is 0.618 bits per heavy atom. The van der Waals surface area contributed by atoms with Gasteiger partial charge in [-0.25, -0.2) is 4.79 Å². The first-order valence-corrected chi connectivity index (χ1v) is 34.4. The second-order valence-electron chi connectivity index (χ2n) is 28.3. The van der Waals surface area contributed by atoms with E-state index in [2.05, 4.69) is 40.8 Å². The number of nitrogens with zero attached hydrogens (tertiary/aromatic N) is 2. The maximum absolute atomic E-state index is 12.9. The van der Waals surface area contributed by atoms with Crippen LogP contribution in [0.4, 0.5) is 4.79 Å². The van der Waals surface area contributed by atoms with E-state index in [-0.39, 0.29) is 94.7 Å².